The Morgan fingerprint density at radius 1 is 1.08 bits per heavy atom. The Morgan fingerprint density at radius 3 is 2.56 bits per heavy atom. The van der Waals surface area contributed by atoms with Gasteiger partial charge in [-0.15, -0.1) is 0 Å². The fraction of sp³-hybridized carbons (Fsp3) is 0.233. The standard InChI is InChI=1S/C30H27FN2O5S/c1-17(2)13-14-38-22-12-9-19(15-23(22)37-3)26-25(27(34)18-7-5-4-6-8-18)28(35)29(36)33(26)30-32-21-11-10-20(31)16-24(21)39-30/h4-12,15-17,26,34H,13-14H2,1-3H3. The summed E-state index contributed by atoms with van der Waals surface area (Å²) < 4.78 is 25.9. The second-order valence-corrected chi connectivity index (χ2v) is 10.6. The minimum atomic E-state index is -1.01. The number of methoxy groups -OCH3 is 1. The lowest BCUT2D eigenvalue weighted by atomic mass is 9.95. The van der Waals surface area contributed by atoms with Gasteiger partial charge in [-0.05, 0) is 48.2 Å². The van der Waals surface area contributed by atoms with Crippen molar-refractivity contribution in [3.63, 3.8) is 0 Å². The maximum absolute atomic E-state index is 13.9. The molecule has 1 fully saturated rings. The normalized spacial score (nSPS) is 16.8. The van der Waals surface area contributed by atoms with Crippen LogP contribution in [0.15, 0.2) is 72.3 Å². The van der Waals surface area contributed by atoms with Gasteiger partial charge in [0.15, 0.2) is 16.6 Å². The molecule has 1 N–H and O–H groups in total. The quantitative estimate of drug-likeness (QED) is 0.154. The van der Waals surface area contributed by atoms with Crippen LogP contribution in [0, 0.1) is 11.7 Å². The Hall–Kier alpha value is -4.24. The summed E-state index contributed by atoms with van der Waals surface area (Å²) in [7, 11) is 1.51. The first-order chi connectivity index (χ1) is 18.8. The second-order valence-electron chi connectivity index (χ2n) is 9.58. The number of halogens is 1. The average Bonchev–Trinajstić information content (AvgIpc) is 3.46. The number of carbonyl (C=O) groups is 2. The Bertz CT molecular complexity index is 1580. The molecule has 7 nitrogen and oxygen atoms in total. The van der Waals surface area contributed by atoms with Crippen molar-refractivity contribution in [2.24, 2.45) is 5.92 Å². The van der Waals surface area contributed by atoms with Gasteiger partial charge in [0.1, 0.15) is 11.6 Å². The molecular formula is C30H27FN2O5S. The molecule has 1 aromatic heterocycles. The molecular weight excluding hydrogens is 519 g/mol. The minimum Gasteiger partial charge on any atom is -0.507 e. The predicted molar refractivity (Wildman–Crippen MR) is 149 cm³/mol. The van der Waals surface area contributed by atoms with Crippen molar-refractivity contribution in [3.8, 4) is 11.5 Å². The van der Waals surface area contributed by atoms with Crippen LogP contribution in [0.1, 0.15) is 37.4 Å². The van der Waals surface area contributed by atoms with E-state index in [0.717, 1.165) is 17.8 Å². The van der Waals surface area contributed by atoms with Gasteiger partial charge in [-0.2, -0.15) is 0 Å². The number of aliphatic hydroxyl groups is 1. The third-order valence-electron chi connectivity index (χ3n) is 6.49. The van der Waals surface area contributed by atoms with Crippen LogP contribution in [0.5, 0.6) is 11.5 Å². The number of aliphatic hydroxyl groups excluding tert-OH is 1. The zero-order chi connectivity index (χ0) is 27.7. The number of ketones is 1. The molecule has 0 saturated carbocycles. The van der Waals surface area contributed by atoms with Gasteiger partial charge in [0.2, 0.25) is 0 Å². The van der Waals surface area contributed by atoms with Crippen LogP contribution < -0.4 is 14.4 Å². The number of anilines is 1. The van der Waals surface area contributed by atoms with E-state index < -0.39 is 23.5 Å². The van der Waals surface area contributed by atoms with Crippen molar-refractivity contribution < 1.29 is 28.6 Å². The zero-order valence-electron chi connectivity index (χ0n) is 21.7. The highest BCUT2D eigenvalue weighted by Gasteiger charge is 2.48. The van der Waals surface area contributed by atoms with E-state index in [9.17, 15) is 19.1 Å². The third-order valence-corrected chi connectivity index (χ3v) is 7.51. The summed E-state index contributed by atoms with van der Waals surface area (Å²) in [5, 5.41) is 11.5. The highest BCUT2D eigenvalue weighted by molar-refractivity contribution is 7.22. The Balaban J connectivity index is 1.66. The molecule has 3 aromatic carbocycles. The molecule has 1 saturated heterocycles. The van der Waals surface area contributed by atoms with E-state index >= 15 is 0 Å². The molecule has 0 bridgehead atoms. The lowest BCUT2D eigenvalue weighted by molar-refractivity contribution is -0.132. The highest BCUT2D eigenvalue weighted by Crippen LogP contribution is 2.46. The van der Waals surface area contributed by atoms with Gasteiger partial charge in [-0.1, -0.05) is 61.6 Å². The Kier molecular flexibility index (Phi) is 7.34. The fourth-order valence-electron chi connectivity index (χ4n) is 4.46. The van der Waals surface area contributed by atoms with Crippen LogP contribution in [0.3, 0.4) is 0 Å². The molecule has 39 heavy (non-hydrogen) atoms. The smallest absolute Gasteiger partial charge is 0.301 e. The van der Waals surface area contributed by atoms with Gasteiger partial charge in [0.25, 0.3) is 5.78 Å². The summed E-state index contributed by atoms with van der Waals surface area (Å²) in [6, 6.07) is 16.9. The summed E-state index contributed by atoms with van der Waals surface area (Å²) in [5.41, 5.74) is 1.33. The van der Waals surface area contributed by atoms with Crippen molar-refractivity contribution >= 4 is 44.1 Å². The topological polar surface area (TPSA) is 89.0 Å². The van der Waals surface area contributed by atoms with Crippen molar-refractivity contribution in [1.29, 1.82) is 0 Å². The first-order valence-corrected chi connectivity index (χ1v) is 13.3. The van der Waals surface area contributed by atoms with Crippen molar-refractivity contribution in [3.05, 3.63) is 89.2 Å². The Labute approximate surface area is 229 Å². The number of amides is 1. The molecule has 2 heterocycles. The molecule has 0 spiro atoms. The molecule has 1 aliphatic heterocycles. The zero-order valence-corrected chi connectivity index (χ0v) is 22.5. The lowest BCUT2D eigenvalue weighted by Gasteiger charge is -2.24. The van der Waals surface area contributed by atoms with Crippen LogP contribution in [0.2, 0.25) is 0 Å². The van der Waals surface area contributed by atoms with Crippen molar-refractivity contribution in [1.82, 2.24) is 4.98 Å². The minimum absolute atomic E-state index is 0.0767. The SMILES string of the molecule is COc1cc(C2C(=C(O)c3ccccc3)C(=O)C(=O)N2c2nc3ccc(F)cc3s2)ccc1OCCC(C)C. The summed E-state index contributed by atoms with van der Waals surface area (Å²) in [5.74, 6) is -1.00. The number of Topliss-reactive ketones (excluding diaryl/α,β-unsaturated/α-hetero) is 1. The number of thiazole rings is 1. The molecule has 4 aromatic rings. The van der Waals surface area contributed by atoms with E-state index in [2.05, 4.69) is 18.8 Å². The van der Waals surface area contributed by atoms with E-state index in [-0.39, 0.29) is 16.5 Å². The summed E-state index contributed by atoms with van der Waals surface area (Å²) in [6.07, 6.45) is 0.861. The molecule has 200 valence electrons. The first-order valence-electron chi connectivity index (χ1n) is 12.5. The number of nitrogens with zero attached hydrogens (tertiary/aromatic N) is 2. The second kappa shape index (κ2) is 10.9. The van der Waals surface area contributed by atoms with E-state index in [0.29, 0.717) is 45.4 Å². The maximum Gasteiger partial charge on any atom is 0.301 e. The van der Waals surface area contributed by atoms with Crippen LogP contribution in [-0.4, -0.2) is 35.5 Å². The summed E-state index contributed by atoms with van der Waals surface area (Å²) in [4.78, 5) is 32.7. The highest BCUT2D eigenvalue weighted by atomic mass is 32.1. The fourth-order valence-corrected chi connectivity index (χ4v) is 5.48. The van der Waals surface area contributed by atoms with Crippen LogP contribution in [-0.2, 0) is 9.59 Å². The van der Waals surface area contributed by atoms with E-state index in [1.165, 1.54) is 30.2 Å². The molecule has 1 aliphatic rings. The first kappa shape index (κ1) is 26.4. The van der Waals surface area contributed by atoms with Gasteiger partial charge in [-0.25, -0.2) is 9.37 Å². The predicted octanol–water partition coefficient (Wildman–Crippen LogP) is 6.50. The number of hydrogen-bond donors (Lipinski definition) is 1. The summed E-state index contributed by atoms with van der Waals surface area (Å²) >= 11 is 1.09. The molecule has 5 rings (SSSR count). The van der Waals surface area contributed by atoms with Gasteiger partial charge in [-0.3, -0.25) is 14.5 Å². The molecule has 9 heteroatoms. The number of ether oxygens (including phenoxy) is 2. The Morgan fingerprint density at radius 2 is 1.85 bits per heavy atom. The number of hydrogen-bond acceptors (Lipinski definition) is 7. The number of carbonyl (C=O) groups excluding carboxylic acids is 2. The number of fused-ring (bicyclic) bond motifs is 1. The van der Waals surface area contributed by atoms with Crippen LogP contribution in [0.25, 0.3) is 16.0 Å². The van der Waals surface area contributed by atoms with E-state index in [1.807, 2.05) is 0 Å². The van der Waals surface area contributed by atoms with Crippen molar-refractivity contribution in [2.45, 2.75) is 26.3 Å². The van der Waals surface area contributed by atoms with Crippen molar-refractivity contribution in [2.75, 3.05) is 18.6 Å². The molecule has 1 unspecified atom stereocenters. The maximum atomic E-state index is 13.9. The van der Waals surface area contributed by atoms with Gasteiger partial charge < -0.3 is 14.6 Å². The number of benzene rings is 3. The van der Waals surface area contributed by atoms with Gasteiger partial charge in [0, 0.05) is 5.56 Å². The number of rotatable bonds is 8. The molecule has 0 radical (unpaired) electrons. The van der Waals surface area contributed by atoms with E-state index in [4.69, 9.17) is 9.47 Å². The molecule has 0 aliphatic carbocycles. The third kappa shape index (κ3) is 5.09. The summed E-state index contributed by atoms with van der Waals surface area (Å²) in [6.45, 7) is 4.72. The number of aromatic nitrogens is 1. The largest absolute Gasteiger partial charge is 0.507 e. The van der Waals surface area contributed by atoms with Gasteiger partial charge in [0.05, 0.1) is 35.5 Å². The average molecular weight is 547 g/mol. The monoisotopic (exact) mass is 546 g/mol. The lowest BCUT2D eigenvalue weighted by Crippen LogP contribution is -2.29. The van der Waals surface area contributed by atoms with Gasteiger partial charge >= 0.3 is 5.91 Å². The van der Waals surface area contributed by atoms with Crippen LogP contribution in [0.4, 0.5) is 9.52 Å². The van der Waals surface area contributed by atoms with E-state index in [1.54, 1.807) is 48.5 Å². The molecule has 1 amide bonds. The van der Waals surface area contributed by atoms with Crippen LogP contribution >= 0.6 is 11.3 Å². The molecule has 1 atom stereocenters.